The Morgan fingerprint density at radius 1 is 1.07 bits per heavy atom. The lowest BCUT2D eigenvalue weighted by atomic mass is 9.48. The van der Waals surface area contributed by atoms with Crippen LogP contribution in [0.4, 0.5) is 0 Å². The molecule has 4 aliphatic rings. The van der Waals surface area contributed by atoms with Gasteiger partial charge >= 0.3 is 5.97 Å². The predicted molar refractivity (Wildman–Crippen MR) is 106 cm³/mol. The molecule has 0 bridgehead atoms. The smallest absolute Gasteiger partial charge is 0.303 e. The minimum absolute atomic E-state index is 0.0225. The molecule has 0 heterocycles. The molecule has 0 aromatic carbocycles. The second-order valence-electron chi connectivity index (χ2n) is 10.0. The highest BCUT2D eigenvalue weighted by atomic mass is 16.6. The summed E-state index contributed by atoms with van der Waals surface area (Å²) >= 11 is 0. The first-order chi connectivity index (χ1) is 13.0. The van der Waals surface area contributed by atoms with Crippen LogP contribution in [0, 0.1) is 28.6 Å². The summed E-state index contributed by atoms with van der Waals surface area (Å²) in [7, 11) is 0. The fourth-order valence-corrected chi connectivity index (χ4v) is 7.32. The number of carbonyl (C=O) groups is 3. The minimum atomic E-state index is -1.00. The van der Waals surface area contributed by atoms with Crippen LogP contribution in [0.3, 0.4) is 0 Å². The van der Waals surface area contributed by atoms with Gasteiger partial charge in [-0.05, 0) is 68.3 Å². The minimum Gasteiger partial charge on any atom is -0.451 e. The van der Waals surface area contributed by atoms with Gasteiger partial charge in [0.1, 0.15) is 0 Å². The average molecular weight is 385 g/mol. The predicted octanol–water partition coefficient (Wildman–Crippen LogP) is 4.58. The Morgan fingerprint density at radius 3 is 2.39 bits per heavy atom. The lowest BCUT2D eigenvalue weighted by Crippen LogP contribution is -2.56. The van der Waals surface area contributed by atoms with E-state index in [1.807, 2.05) is 6.08 Å². The number of allylic oxidation sites excluding steroid dienone is 4. The Kier molecular flexibility index (Phi) is 4.30. The molecule has 4 rings (SSSR count). The molecule has 4 heteroatoms. The maximum absolute atomic E-state index is 12.8. The van der Waals surface area contributed by atoms with E-state index in [0.29, 0.717) is 18.8 Å². The third-order valence-corrected chi connectivity index (χ3v) is 8.69. The van der Waals surface area contributed by atoms with Crippen LogP contribution in [-0.4, -0.2) is 23.1 Å². The second kappa shape index (κ2) is 6.14. The van der Waals surface area contributed by atoms with Crippen molar-refractivity contribution in [2.45, 2.75) is 78.7 Å². The number of hydrogen-bond acceptors (Lipinski definition) is 4. The zero-order chi connectivity index (χ0) is 20.5. The van der Waals surface area contributed by atoms with Gasteiger partial charge in [0.25, 0.3) is 0 Å². The molecule has 0 amide bonds. The molecule has 152 valence electrons. The highest BCUT2D eigenvalue weighted by Crippen LogP contribution is 2.67. The van der Waals surface area contributed by atoms with Gasteiger partial charge in [0.05, 0.1) is 0 Å². The molecule has 6 unspecified atom stereocenters. The van der Waals surface area contributed by atoms with E-state index in [9.17, 15) is 14.4 Å². The van der Waals surface area contributed by atoms with Crippen LogP contribution < -0.4 is 0 Å². The van der Waals surface area contributed by atoms with Gasteiger partial charge < -0.3 is 4.74 Å². The van der Waals surface area contributed by atoms with Gasteiger partial charge in [-0.25, -0.2) is 0 Å². The summed E-state index contributed by atoms with van der Waals surface area (Å²) in [5.74, 6) is 0.778. The molecule has 28 heavy (non-hydrogen) atoms. The quantitative estimate of drug-likeness (QED) is 0.517. The van der Waals surface area contributed by atoms with Gasteiger partial charge in [-0.1, -0.05) is 38.0 Å². The van der Waals surface area contributed by atoms with E-state index < -0.39 is 5.60 Å². The molecular weight excluding hydrogens is 352 g/mol. The van der Waals surface area contributed by atoms with E-state index >= 15 is 0 Å². The first-order valence-electron chi connectivity index (χ1n) is 10.7. The number of Topliss-reactive ketones (excluding diaryl/α,β-unsaturated/α-hetero) is 1. The topological polar surface area (TPSA) is 60.4 Å². The number of hydrogen-bond donors (Lipinski definition) is 0. The van der Waals surface area contributed by atoms with Crippen LogP contribution >= 0.6 is 0 Å². The lowest BCUT2D eigenvalue weighted by Gasteiger charge is -2.56. The summed E-state index contributed by atoms with van der Waals surface area (Å²) in [5.41, 5.74) is 1.41. The van der Waals surface area contributed by atoms with E-state index in [1.165, 1.54) is 18.1 Å². The monoisotopic (exact) mass is 384 g/mol. The molecule has 0 radical (unpaired) electrons. The Bertz CT molecular complexity index is 820. The van der Waals surface area contributed by atoms with Crippen LogP contribution in [0.1, 0.15) is 73.1 Å². The van der Waals surface area contributed by atoms with E-state index in [-0.39, 0.29) is 40.2 Å². The van der Waals surface area contributed by atoms with Crippen LogP contribution in [0.5, 0.6) is 0 Å². The van der Waals surface area contributed by atoms with Crippen molar-refractivity contribution in [1.82, 2.24) is 0 Å². The fraction of sp³-hybridized carbons (Fsp3) is 0.708. The van der Waals surface area contributed by atoms with Gasteiger partial charge in [-0.3, -0.25) is 14.4 Å². The number of rotatable bonds is 2. The summed E-state index contributed by atoms with van der Waals surface area (Å²) in [4.78, 5) is 36.8. The normalized spacial score (nSPS) is 44.6. The average Bonchev–Trinajstić information content (AvgIpc) is 2.90. The van der Waals surface area contributed by atoms with Crippen LogP contribution in [-0.2, 0) is 19.1 Å². The number of carbonyl (C=O) groups excluding carboxylic acids is 3. The maximum atomic E-state index is 12.8. The second-order valence-corrected chi connectivity index (χ2v) is 10.0. The van der Waals surface area contributed by atoms with Crippen molar-refractivity contribution in [3.8, 4) is 0 Å². The summed E-state index contributed by atoms with van der Waals surface area (Å²) in [5, 5.41) is 0. The van der Waals surface area contributed by atoms with Crippen LogP contribution in [0.15, 0.2) is 23.3 Å². The molecule has 0 aromatic heterocycles. The van der Waals surface area contributed by atoms with Gasteiger partial charge in [0.2, 0.25) is 0 Å². The highest BCUT2D eigenvalue weighted by Gasteiger charge is 2.66. The van der Waals surface area contributed by atoms with E-state index in [2.05, 4.69) is 26.8 Å². The summed E-state index contributed by atoms with van der Waals surface area (Å²) in [6.07, 6.45) is 9.15. The van der Waals surface area contributed by atoms with Gasteiger partial charge in [-0.15, -0.1) is 0 Å². The van der Waals surface area contributed by atoms with E-state index in [0.717, 1.165) is 25.7 Å². The van der Waals surface area contributed by atoms with Gasteiger partial charge in [-0.2, -0.15) is 0 Å². The molecule has 0 spiro atoms. The molecule has 2 saturated carbocycles. The molecule has 4 nitrogen and oxygen atoms in total. The first-order valence-corrected chi connectivity index (χ1v) is 10.7. The zero-order valence-corrected chi connectivity index (χ0v) is 17.8. The van der Waals surface area contributed by atoms with Crippen molar-refractivity contribution in [3.63, 3.8) is 0 Å². The Labute approximate surface area is 167 Å². The molecule has 0 aromatic rings. The molecule has 0 N–H and O–H groups in total. The summed E-state index contributed by atoms with van der Waals surface area (Å²) in [6, 6.07) is 0. The number of esters is 1. The van der Waals surface area contributed by atoms with E-state index in [1.54, 1.807) is 6.92 Å². The Balaban J connectivity index is 1.80. The molecule has 4 aliphatic carbocycles. The molecular formula is C24H32O4. The lowest BCUT2D eigenvalue weighted by molar-refractivity contribution is -0.181. The number of fused-ring (bicyclic) bond motifs is 5. The van der Waals surface area contributed by atoms with Crippen molar-refractivity contribution in [1.29, 1.82) is 0 Å². The molecule has 0 aliphatic heterocycles. The Morgan fingerprint density at radius 2 is 1.75 bits per heavy atom. The molecule has 0 saturated heterocycles. The van der Waals surface area contributed by atoms with Crippen molar-refractivity contribution in [3.05, 3.63) is 23.3 Å². The van der Waals surface area contributed by atoms with Crippen molar-refractivity contribution < 1.29 is 19.1 Å². The SMILES string of the molecule is CC(=O)OC1(C(C)=O)CCC2C3=CC(C)C4=CC(=O)CCC4(C)C3CCC21C. The summed E-state index contributed by atoms with van der Waals surface area (Å²) < 4.78 is 5.81. The molecule has 2 fully saturated rings. The van der Waals surface area contributed by atoms with Gasteiger partial charge in [0, 0.05) is 18.8 Å². The van der Waals surface area contributed by atoms with E-state index in [4.69, 9.17) is 4.74 Å². The van der Waals surface area contributed by atoms with Crippen molar-refractivity contribution in [2.75, 3.05) is 0 Å². The van der Waals surface area contributed by atoms with Gasteiger partial charge in [0.15, 0.2) is 17.2 Å². The largest absolute Gasteiger partial charge is 0.451 e. The van der Waals surface area contributed by atoms with Crippen molar-refractivity contribution >= 4 is 17.5 Å². The first kappa shape index (κ1) is 19.6. The number of ether oxygens (including phenoxy) is 1. The highest BCUT2D eigenvalue weighted by molar-refractivity contribution is 5.92. The third-order valence-electron chi connectivity index (χ3n) is 8.69. The fourth-order valence-electron chi connectivity index (χ4n) is 7.32. The zero-order valence-electron chi connectivity index (χ0n) is 17.8. The third kappa shape index (κ3) is 2.39. The maximum Gasteiger partial charge on any atom is 0.303 e. The molecule has 6 atom stereocenters. The number of ketones is 2. The van der Waals surface area contributed by atoms with Crippen LogP contribution in [0.25, 0.3) is 0 Å². The standard InChI is InChI=1S/C24H32O4/c1-14-12-18-19(22(4)9-6-17(27)13-21(14)22)7-10-23(5)20(18)8-11-24(23,15(2)25)28-16(3)26/h12-14,19-20H,6-11H2,1-5H3. The Hall–Kier alpha value is -1.71. The van der Waals surface area contributed by atoms with Crippen LogP contribution in [0.2, 0.25) is 0 Å². The summed E-state index contributed by atoms with van der Waals surface area (Å²) in [6.45, 7) is 9.68. The van der Waals surface area contributed by atoms with Crippen molar-refractivity contribution in [2.24, 2.45) is 28.6 Å².